The molecule has 0 unspecified atom stereocenters. The molecule has 0 aliphatic rings. The SMILES string of the molecule is O[C@H](c1cc(F)ccc1Cl)C(F)(F)F. The molecule has 6 heteroatoms. The quantitative estimate of drug-likeness (QED) is 0.733. The van der Waals surface area contributed by atoms with Crippen LogP contribution in [0.3, 0.4) is 0 Å². The molecule has 0 aliphatic heterocycles. The second-order valence-electron chi connectivity index (χ2n) is 2.61. The van der Waals surface area contributed by atoms with E-state index < -0.39 is 23.7 Å². The van der Waals surface area contributed by atoms with Gasteiger partial charge >= 0.3 is 6.18 Å². The Labute approximate surface area is 81.9 Å². The van der Waals surface area contributed by atoms with E-state index in [4.69, 9.17) is 16.7 Å². The van der Waals surface area contributed by atoms with E-state index in [0.717, 1.165) is 12.1 Å². The smallest absolute Gasteiger partial charge is 0.379 e. The van der Waals surface area contributed by atoms with E-state index >= 15 is 0 Å². The maximum atomic E-state index is 12.6. The lowest BCUT2D eigenvalue weighted by molar-refractivity contribution is -0.206. The van der Waals surface area contributed by atoms with Crippen molar-refractivity contribution in [2.45, 2.75) is 12.3 Å². The molecule has 0 spiro atoms. The highest BCUT2D eigenvalue weighted by Gasteiger charge is 2.40. The Morgan fingerprint density at radius 1 is 1.29 bits per heavy atom. The molecule has 0 aromatic heterocycles. The van der Waals surface area contributed by atoms with Gasteiger partial charge in [0.05, 0.1) is 0 Å². The van der Waals surface area contributed by atoms with E-state index in [-0.39, 0.29) is 5.02 Å². The molecule has 14 heavy (non-hydrogen) atoms. The van der Waals surface area contributed by atoms with E-state index in [1.807, 2.05) is 0 Å². The molecular formula is C8H5ClF4O. The molecule has 0 saturated carbocycles. The van der Waals surface area contributed by atoms with Gasteiger partial charge in [-0.25, -0.2) is 4.39 Å². The summed E-state index contributed by atoms with van der Waals surface area (Å²) in [7, 11) is 0. The predicted octanol–water partition coefficient (Wildman–Crippen LogP) is 3.07. The van der Waals surface area contributed by atoms with Crippen molar-refractivity contribution < 1.29 is 22.7 Å². The number of hydrogen-bond acceptors (Lipinski definition) is 1. The summed E-state index contributed by atoms with van der Waals surface area (Å²) in [5.74, 6) is -0.882. The molecular weight excluding hydrogens is 224 g/mol. The monoisotopic (exact) mass is 228 g/mol. The highest BCUT2D eigenvalue weighted by atomic mass is 35.5. The van der Waals surface area contributed by atoms with Gasteiger partial charge in [-0.2, -0.15) is 13.2 Å². The minimum atomic E-state index is -4.85. The molecule has 1 aromatic carbocycles. The van der Waals surface area contributed by atoms with E-state index in [9.17, 15) is 17.6 Å². The predicted molar refractivity (Wildman–Crippen MR) is 42.4 cm³/mol. The van der Waals surface area contributed by atoms with Gasteiger partial charge in [0.1, 0.15) is 5.82 Å². The van der Waals surface area contributed by atoms with Crippen molar-refractivity contribution in [3.63, 3.8) is 0 Å². The van der Waals surface area contributed by atoms with E-state index in [1.54, 1.807) is 0 Å². The maximum absolute atomic E-state index is 12.6. The standard InChI is InChI=1S/C8H5ClF4O/c9-6-2-1-4(10)3-5(6)7(14)8(11,12)13/h1-3,7,14H/t7-/m1/s1. The third-order valence-electron chi connectivity index (χ3n) is 1.56. The Hall–Kier alpha value is -0.810. The summed E-state index contributed by atoms with van der Waals surface area (Å²) in [5.41, 5.74) is -0.681. The molecule has 0 bridgehead atoms. The van der Waals surface area contributed by atoms with Crippen LogP contribution in [-0.4, -0.2) is 11.3 Å². The number of alkyl halides is 3. The zero-order chi connectivity index (χ0) is 10.9. The van der Waals surface area contributed by atoms with Gasteiger partial charge in [0, 0.05) is 10.6 Å². The van der Waals surface area contributed by atoms with Crippen LogP contribution in [0.25, 0.3) is 0 Å². The molecule has 1 atom stereocenters. The van der Waals surface area contributed by atoms with E-state index in [2.05, 4.69) is 0 Å². The van der Waals surface area contributed by atoms with Crippen molar-refractivity contribution in [2.24, 2.45) is 0 Å². The summed E-state index contributed by atoms with van der Waals surface area (Å²) in [6.45, 7) is 0. The topological polar surface area (TPSA) is 20.2 Å². The van der Waals surface area contributed by atoms with Crippen LogP contribution in [0.15, 0.2) is 18.2 Å². The molecule has 1 aromatic rings. The second kappa shape index (κ2) is 3.74. The second-order valence-corrected chi connectivity index (χ2v) is 3.02. The summed E-state index contributed by atoms with van der Waals surface area (Å²) in [5, 5.41) is 8.46. The van der Waals surface area contributed by atoms with Crippen LogP contribution in [0.5, 0.6) is 0 Å². The zero-order valence-electron chi connectivity index (χ0n) is 6.65. The van der Waals surface area contributed by atoms with Gasteiger partial charge in [-0.1, -0.05) is 11.6 Å². The van der Waals surface area contributed by atoms with Gasteiger partial charge in [-0.15, -0.1) is 0 Å². The summed E-state index contributed by atoms with van der Waals surface area (Å²) in [6, 6.07) is 2.43. The van der Waals surface area contributed by atoms with Crippen LogP contribution >= 0.6 is 11.6 Å². The van der Waals surface area contributed by atoms with Gasteiger partial charge in [0.2, 0.25) is 0 Å². The number of rotatable bonds is 1. The Bertz CT molecular complexity index is 337. The van der Waals surface area contributed by atoms with Gasteiger partial charge < -0.3 is 5.11 Å². The van der Waals surface area contributed by atoms with Gasteiger partial charge in [-0.3, -0.25) is 0 Å². The fourth-order valence-electron chi connectivity index (χ4n) is 0.900. The summed E-state index contributed by atoms with van der Waals surface area (Å²) in [4.78, 5) is 0. The Morgan fingerprint density at radius 3 is 2.36 bits per heavy atom. The Morgan fingerprint density at radius 2 is 1.86 bits per heavy atom. The van der Waals surface area contributed by atoms with Crippen LogP contribution < -0.4 is 0 Å². The summed E-state index contributed by atoms with van der Waals surface area (Å²) < 4.78 is 48.6. The zero-order valence-corrected chi connectivity index (χ0v) is 7.40. The van der Waals surface area contributed by atoms with E-state index in [0.29, 0.717) is 6.07 Å². The van der Waals surface area contributed by atoms with Gasteiger partial charge in [-0.05, 0) is 18.2 Å². The first-order valence-corrected chi connectivity index (χ1v) is 3.90. The van der Waals surface area contributed by atoms with Crippen molar-refractivity contribution in [3.05, 3.63) is 34.6 Å². The van der Waals surface area contributed by atoms with Gasteiger partial charge in [0.25, 0.3) is 0 Å². The minimum Gasteiger partial charge on any atom is -0.379 e. The molecule has 1 N–H and O–H groups in total. The molecule has 78 valence electrons. The average Bonchev–Trinajstić information content (AvgIpc) is 2.06. The molecule has 1 nitrogen and oxygen atoms in total. The van der Waals surface area contributed by atoms with Crippen molar-refractivity contribution in [1.82, 2.24) is 0 Å². The minimum absolute atomic E-state index is 0.323. The molecule has 0 heterocycles. The highest BCUT2D eigenvalue weighted by Crippen LogP contribution is 2.35. The lowest BCUT2D eigenvalue weighted by Crippen LogP contribution is -2.20. The van der Waals surface area contributed by atoms with Crippen LogP contribution in [0.4, 0.5) is 17.6 Å². The fourth-order valence-corrected chi connectivity index (χ4v) is 1.12. The molecule has 0 amide bonds. The van der Waals surface area contributed by atoms with Crippen molar-refractivity contribution in [3.8, 4) is 0 Å². The molecule has 0 aliphatic carbocycles. The average molecular weight is 229 g/mol. The maximum Gasteiger partial charge on any atom is 0.418 e. The fraction of sp³-hybridized carbons (Fsp3) is 0.250. The lowest BCUT2D eigenvalue weighted by atomic mass is 10.1. The largest absolute Gasteiger partial charge is 0.418 e. The third kappa shape index (κ3) is 2.36. The first-order valence-electron chi connectivity index (χ1n) is 3.52. The Kier molecular flexibility index (Phi) is 3.01. The third-order valence-corrected chi connectivity index (χ3v) is 1.91. The van der Waals surface area contributed by atoms with Crippen molar-refractivity contribution in [1.29, 1.82) is 0 Å². The van der Waals surface area contributed by atoms with Gasteiger partial charge in [0.15, 0.2) is 6.10 Å². The number of hydrogen-bond donors (Lipinski definition) is 1. The van der Waals surface area contributed by atoms with Crippen LogP contribution in [-0.2, 0) is 0 Å². The number of benzene rings is 1. The normalized spacial score (nSPS) is 14.1. The molecule has 0 saturated heterocycles. The first-order chi connectivity index (χ1) is 6.32. The molecule has 0 radical (unpaired) electrons. The highest BCUT2D eigenvalue weighted by molar-refractivity contribution is 6.31. The lowest BCUT2D eigenvalue weighted by Gasteiger charge is -2.15. The summed E-state index contributed by atoms with van der Waals surface area (Å²) >= 11 is 5.37. The number of aliphatic hydroxyl groups is 1. The van der Waals surface area contributed by atoms with Crippen LogP contribution in [0, 0.1) is 5.82 Å². The number of halogens is 5. The van der Waals surface area contributed by atoms with Crippen molar-refractivity contribution >= 4 is 11.6 Å². The van der Waals surface area contributed by atoms with Crippen molar-refractivity contribution in [2.75, 3.05) is 0 Å². The van der Waals surface area contributed by atoms with Crippen LogP contribution in [0.1, 0.15) is 11.7 Å². The van der Waals surface area contributed by atoms with E-state index in [1.165, 1.54) is 0 Å². The first kappa shape index (κ1) is 11.3. The van der Waals surface area contributed by atoms with Crippen LogP contribution in [0.2, 0.25) is 5.02 Å². The molecule has 1 rings (SSSR count). The molecule has 0 fully saturated rings. The Balaban J connectivity index is 3.12. The number of aliphatic hydroxyl groups excluding tert-OH is 1. The summed E-state index contributed by atoms with van der Waals surface area (Å²) in [6.07, 6.45) is -7.61.